The summed E-state index contributed by atoms with van der Waals surface area (Å²) in [6.45, 7) is 1.01. The molecule has 0 radical (unpaired) electrons. The Morgan fingerprint density at radius 3 is 2.62 bits per heavy atom. The second-order valence-corrected chi connectivity index (χ2v) is 4.14. The maximum absolute atomic E-state index is 12.7. The van der Waals surface area contributed by atoms with Crippen molar-refractivity contribution in [1.29, 1.82) is 0 Å². The molecule has 0 aliphatic rings. The Morgan fingerprint density at radius 1 is 1.38 bits per heavy atom. The second kappa shape index (κ2) is 6.04. The van der Waals surface area contributed by atoms with Crippen LogP contribution in [0.4, 0.5) is 16.0 Å². The number of halogens is 1. The molecule has 0 unspecified atom stereocenters. The third kappa shape index (κ3) is 3.56. The molecule has 0 spiro atoms. The summed E-state index contributed by atoms with van der Waals surface area (Å²) in [5.41, 5.74) is 6.07. The summed E-state index contributed by atoms with van der Waals surface area (Å²) in [4.78, 5) is 23.3. The predicted octanol–water partition coefficient (Wildman–Crippen LogP) is 1.50. The second-order valence-electron chi connectivity index (χ2n) is 4.14. The topological polar surface area (TPSA) is 107 Å². The van der Waals surface area contributed by atoms with Crippen molar-refractivity contribution in [2.75, 3.05) is 17.7 Å². The molecule has 1 aromatic carbocycles. The zero-order valence-corrected chi connectivity index (χ0v) is 11.1. The van der Waals surface area contributed by atoms with Gasteiger partial charge in [0.25, 0.3) is 5.91 Å². The van der Waals surface area contributed by atoms with Crippen LogP contribution in [-0.2, 0) is 9.53 Å². The molecule has 1 heterocycles. The van der Waals surface area contributed by atoms with Crippen molar-refractivity contribution in [2.45, 2.75) is 6.92 Å². The fourth-order valence-electron chi connectivity index (χ4n) is 1.57. The van der Waals surface area contributed by atoms with Crippen molar-refractivity contribution in [3.8, 4) is 0 Å². The zero-order chi connectivity index (χ0) is 15.4. The van der Waals surface area contributed by atoms with Gasteiger partial charge in [-0.05, 0) is 31.2 Å². The Balaban J connectivity index is 1.89. The summed E-state index contributed by atoms with van der Waals surface area (Å²) in [6, 6.07) is 5.17. The van der Waals surface area contributed by atoms with E-state index in [1.165, 1.54) is 31.2 Å². The van der Waals surface area contributed by atoms with Gasteiger partial charge in [0, 0.05) is 5.69 Å². The summed E-state index contributed by atoms with van der Waals surface area (Å²) < 4.78 is 22.1. The Labute approximate surface area is 118 Å². The first-order chi connectivity index (χ1) is 9.97. The Bertz CT molecular complexity index is 647. The molecular formula is C13H12FN3O4. The molecule has 0 fully saturated rings. The van der Waals surface area contributed by atoms with Crippen LogP contribution in [0.5, 0.6) is 0 Å². The lowest BCUT2D eigenvalue weighted by Crippen LogP contribution is -2.21. The molecule has 0 saturated carbocycles. The fraction of sp³-hybridized carbons (Fsp3) is 0.154. The molecule has 1 aromatic heterocycles. The molecule has 3 N–H and O–H groups in total. The van der Waals surface area contributed by atoms with E-state index in [9.17, 15) is 14.0 Å². The number of nitrogens with one attached hydrogen (secondary N) is 1. The van der Waals surface area contributed by atoms with Gasteiger partial charge in [-0.1, -0.05) is 5.16 Å². The van der Waals surface area contributed by atoms with Crippen molar-refractivity contribution in [3.05, 3.63) is 41.3 Å². The van der Waals surface area contributed by atoms with Crippen LogP contribution in [0.25, 0.3) is 0 Å². The monoisotopic (exact) mass is 293 g/mol. The average molecular weight is 293 g/mol. The quantitative estimate of drug-likeness (QED) is 0.827. The third-order valence-corrected chi connectivity index (χ3v) is 2.56. The van der Waals surface area contributed by atoms with Crippen molar-refractivity contribution < 1.29 is 23.2 Å². The first kappa shape index (κ1) is 14.5. The molecule has 0 aliphatic heterocycles. The number of nitrogens with two attached hydrogens (primary N) is 1. The lowest BCUT2D eigenvalue weighted by Gasteiger charge is -2.06. The van der Waals surface area contributed by atoms with E-state index >= 15 is 0 Å². The van der Waals surface area contributed by atoms with Gasteiger partial charge in [0.1, 0.15) is 11.4 Å². The number of amides is 1. The Morgan fingerprint density at radius 2 is 2.05 bits per heavy atom. The highest BCUT2D eigenvalue weighted by Gasteiger charge is 2.20. The van der Waals surface area contributed by atoms with Crippen LogP contribution in [0.2, 0.25) is 0 Å². The normalized spacial score (nSPS) is 10.2. The first-order valence-electron chi connectivity index (χ1n) is 5.91. The Hall–Kier alpha value is -2.90. The number of hydrogen-bond donors (Lipinski definition) is 2. The van der Waals surface area contributed by atoms with Crippen molar-refractivity contribution in [3.63, 3.8) is 0 Å². The number of aromatic nitrogens is 1. The number of anilines is 2. The number of carbonyl (C=O) groups is 2. The minimum absolute atomic E-state index is 0.00965. The van der Waals surface area contributed by atoms with Crippen LogP contribution in [-0.4, -0.2) is 23.6 Å². The summed E-state index contributed by atoms with van der Waals surface area (Å²) >= 11 is 0. The highest BCUT2D eigenvalue weighted by atomic mass is 19.1. The van der Waals surface area contributed by atoms with E-state index in [1.807, 2.05) is 0 Å². The minimum Gasteiger partial charge on any atom is -0.452 e. The highest BCUT2D eigenvalue weighted by Crippen LogP contribution is 2.16. The molecule has 21 heavy (non-hydrogen) atoms. The molecule has 2 aromatic rings. The summed E-state index contributed by atoms with van der Waals surface area (Å²) in [6.07, 6.45) is 0. The van der Waals surface area contributed by atoms with Gasteiger partial charge in [-0.2, -0.15) is 0 Å². The maximum atomic E-state index is 12.7. The third-order valence-electron chi connectivity index (χ3n) is 2.56. The number of rotatable bonds is 4. The van der Waals surface area contributed by atoms with Crippen LogP contribution in [0.3, 0.4) is 0 Å². The molecule has 8 heteroatoms. The van der Waals surface area contributed by atoms with E-state index < -0.39 is 24.3 Å². The summed E-state index contributed by atoms with van der Waals surface area (Å²) in [5, 5.41) is 5.95. The van der Waals surface area contributed by atoms with E-state index in [2.05, 4.69) is 15.0 Å². The molecule has 2 rings (SSSR count). The molecule has 1 amide bonds. The number of esters is 1. The van der Waals surface area contributed by atoms with Crippen LogP contribution in [0.15, 0.2) is 28.8 Å². The number of nitrogen functional groups attached to an aromatic ring is 1. The van der Waals surface area contributed by atoms with Gasteiger partial charge in [-0.25, -0.2) is 9.18 Å². The summed E-state index contributed by atoms with van der Waals surface area (Å²) in [5.74, 6) is -1.96. The van der Waals surface area contributed by atoms with E-state index in [4.69, 9.17) is 10.5 Å². The molecule has 110 valence electrons. The van der Waals surface area contributed by atoms with Crippen LogP contribution < -0.4 is 11.1 Å². The van der Waals surface area contributed by atoms with Gasteiger partial charge in [-0.15, -0.1) is 0 Å². The standard InChI is InChI=1S/C13H12FN3O4/c1-7-11(12(15)21-17-7)13(19)20-6-10(18)16-9-4-2-8(14)3-5-9/h2-5H,6,15H2,1H3,(H,16,18). The lowest BCUT2D eigenvalue weighted by atomic mass is 10.2. The number of nitrogens with zero attached hydrogens (tertiary/aromatic N) is 1. The zero-order valence-electron chi connectivity index (χ0n) is 11.1. The van der Waals surface area contributed by atoms with Gasteiger partial charge >= 0.3 is 5.97 Å². The molecule has 0 saturated heterocycles. The number of hydrogen-bond acceptors (Lipinski definition) is 6. The smallest absolute Gasteiger partial charge is 0.346 e. The molecular weight excluding hydrogens is 281 g/mol. The average Bonchev–Trinajstić information content (AvgIpc) is 2.78. The molecule has 0 bridgehead atoms. The van der Waals surface area contributed by atoms with E-state index in [0.29, 0.717) is 5.69 Å². The van der Waals surface area contributed by atoms with E-state index in [-0.39, 0.29) is 17.1 Å². The van der Waals surface area contributed by atoms with Gasteiger partial charge < -0.3 is 20.3 Å². The van der Waals surface area contributed by atoms with E-state index in [1.54, 1.807) is 0 Å². The summed E-state index contributed by atoms with van der Waals surface area (Å²) in [7, 11) is 0. The largest absolute Gasteiger partial charge is 0.452 e. The van der Waals surface area contributed by atoms with Crippen LogP contribution in [0, 0.1) is 12.7 Å². The molecule has 0 aliphatic carbocycles. The Kier molecular flexibility index (Phi) is 4.17. The van der Waals surface area contributed by atoms with Crippen LogP contribution >= 0.6 is 0 Å². The number of ether oxygens (including phenoxy) is 1. The lowest BCUT2D eigenvalue weighted by molar-refractivity contribution is -0.119. The van der Waals surface area contributed by atoms with Gasteiger partial charge in [-0.3, -0.25) is 4.79 Å². The number of aryl methyl sites for hydroxylation is 1. The SMILES string of the molecule is Cc1noc(N)c1C(=O)OCC(=O)Nc1ccc(F)cc1. The maximum Gasteiger partial charge on any atom is 0.346 e. The predicted molar refractivity (Wildman–Crippen MR) is 71.0 cm³/mol. The van der Waals surface area contributed by atoms with Crippen molar-refractivity contribution in [1.82, 2.24) is 5.16 Å². The van der Waals surface area contributed by atoms with Crippen LogP contribution in [0.1, 0.15) is 16.1 Å². The van der Waals surface area contributed by atoms with Crippen molar-refractivity contribution in [2.24, 2.45) is 0 Å². The fourth-order valence-corrected chi connectivity index (χ4v) is 1.57. The first-order valence-corrected chi connectivity index (χ1v) is 5.91. The molecule has 0 atom stereocenters. The van der Waals surface area contributed by atoms with Gasteiger partial charge in [0.05, 0.1) is 5.69 Å². The molecule has 7 nitrogen and oxygen atoms in total. The number of carbonyl (C=O) groups excluding carboxylic acids is 2. The number of benzene rings is 1. The van der Waals surface area contributed by atoms with Gasteiger partial charge in [0.2, 0.25) is 5.88 Å². The minimum atomic E-state index is -0.805. The van der Waals surface area contributed by atoms with E-state index in [0.717, 1.165) is 0 Å². The van der Waals surface area contributed by atoms with Gasteiger partial charge in [0.15, 0.2) is 6.61 Å². The van der Waals surface area contributed by atoms with Crippen molar-refractivity contribution >= 4 is 23.4 Å². The highest BCUT2D eigenvalue weighted by molar-refractivity contribution is 5.98.